The van der Waals surface area contributed by atoms with Crippen LogP contribution in [0.25, 0.3) is 0 Å². The second-order valence-corrected chi connectivity index (χ2v) is 3.68. The molecular formula is C10H10F2O3. The highest BCUT2D eigenvalue weighted by Gasteiger charge is 2.26. The van der Waals surface area contributed by atoms with Gasteiger partial charge >= 0.3 is 5.97 Å². The van der Waals surface area contributed by atoms with Crippen LogP contribution in [0.2, 0.25) is 0 Å². The summed E-state index contributed by atoms with van der Waals surface area (Å²) in [4.78, 5) is 10.5. The zero-order valence-corrected chi connectivity index (χ0v) is 8.21. The molecule has 15 heavy (non-hydrogen) atoms. The quantitative estimate of drug-likeness (QED) is 0.793. The van der Waals surface area contributed by atoms with E-state index in [1.165, 1.54) is 13.8 Å². The maximum absolute atomic E-state index is 13.3. The number of carboxylic acids is 1. The molecule has 0 heterocycles. The van der Waals surface area contributed by atoms with E-state index in [1.807, 2.05) is 0 Å². The predicted molar refractivity (Wildman–Crippen MR) is 48.6 cm³/mol. The molecular weight excluding hydrogens is 206 g/mol. The van der Waals surface area contributed by atoms with Gasteiger partial charge < -0.3 is 10.2 Å². The first kappa shape index (κ1) is 11.6. The van der Waals surface area contributed by atoms with Gasteiger partial charge in [0, 0.05) is 0 Å². The van der Waals surface area contributed by atoms with E-state index in [4.69, 9.17) is 5.11 Å². The third kappa shape index (κ3) is 2.30. The summed E-state index contributed by atoms with van der Waals surface area (Å²) in [7, 11) is 0. The van der Waals surface area contributed by atoms with Crippen molar-refractivity contribution in [1.82, 2.24) is 0 Å². The number of carboxylic acid groups (broad SMARTS) is 1. The Bertz CT molecular complexity index is 385. The summed E-state index contributed by atoms with van der Waals surface area (Å²) < 4.78 is 26.6. The molecule has 0 unspecified atom stereocenters. The lowest BCUT2D eigenvalue weighted by molar-refractivity contribution is 0.0668. The van der Waals surface area contributed by atoms with Gasteiger partial charge in [0.1, 0.15) is 11.6 Å². The van der Waals surface area contributed by atoms with Gasteiger partial charge in [-0.25, -0.2) is 13.6 Å². The zero-order valence-electron chi connectivity index (χ0n) is 8.21. The Morgan fingerprint density at radius 1 is 1.27 bits per heavy atom. The topological polar surface area (TPSA) is 57.5 Å². The van der Waals surface area contributed by atoms with E-state index in [0.29, 0.717) is 12.1 Å². The zero-order chi connectivity index (χ0) is 11.8. The summed E-state index contributed by atoms with van der Waals surface area (Å²) in [6, 6.07) is 1.36. The Balaban J connectivity index is 3.41. The van der Waals surface area contributed by atoms with Gasteiger partial charge in [-0.3, -0.25) is 0 Å². The molecule has 82 valence electrons. The Hall–Kier alpha value is -1.49. The van der Waals surface area contributed by atoms with Crippen LogP contribution in [0.3, 0.4) is 0 Å². The van der Waals surface area contributed by atoms with Crippen molar-refractivity contribution >= 4 is 5.97 Å². The van der Waals surface area contributed by atoms with Gasteiger partial charge in [0.05, 0.1) is 16.7 Å². The van der Waals surface area contributed by atoms with Gasteiger partial charge in [-0.1, -0.05) is 0 Å². The van der Waals surface area contributed by atoms with E-state index in [-0.39, 0.29) is 0 Å². The average Bonchev–Trinajstić information content (AvgIpc) is 1.99. The summed E-state index contributed by atoms with van der Waals surface area (Å²) in [6.45, 7) is 2.43. The molecule has 0 amide bonds. The third-order valence-corrected chi connectivity index (χ3v) is 1.90. The maximum atomic E-state index is 13.3. The molecule has 0 aliphatic carbocycles. The normalized spacial score (nSPS) is 11.5. The number of hydrogen-bond donors (Lipinski definition) is 2. The lowest BCUT2D eigenvalue weighted by atomic mass is 9.96. The van der Waals surface area contributed by atoms with E-state index in [9.17, 15) is 18.7 Å². The lowest BCUT2D eigenvalue weighted by Crippen LogP contribution is -2.20. The molecule has 1 aromatic rings. The van der Waals surface area contributed by atoms with E-state index < -0.39 is 34.3 Å². The van der Waals surface area contributed by atoms with E-state index in [1.54, 1.807) is 0 Å². The van der Waals surface area contributed by atoms with Crippen molar-refractivity contribution in [2.45, 2.75) is 19.4 Å². The molecule has 0 radical (unpaired) electrons. The van der Waals surface area contributed by atoms with Crippen LogP contribution in [0, 0.1) is 11.6 Å². The lowest BCUT2D eigenvalue weighted by Gasteiger charge is -2.19. The highest BCUT2D eigenvalue weighted by molar-refractivity contribution is 5.87. The molecule has 0 saturated heterocycles. The van der Waals surface area contributed by atoms with Crippen molar-refractivity contribution < 1.29 is 23.8 Å². The molecule has 1 rings (SSSR count). The van der Waals surface area contributed by atoms with Crippen molar-refractivity contribution in [2.75, 3.05) is 0 Å². The summed E-state index contributed by atoms with van der Waals surface area (Å²) in [5.74, 6) is -3.56. The first-order valence-electron chi connectivity index (χ1n) is 4.18. The molecule has 1 aromatic carbocycles. The first-order chi connectivity index (χ1) is 6.73. The summed E-state index contributed by atoms with van der Waals surface area (Å²) in [5.41, 5.74) is -2.71. The number of benzene rings is 1. The van der Waals surface area contributed by atoms with Gasteiger partial charge in [0.25, 0.3) is 0 Å². The fraction of sp³-hybridized carbons (Fsp3) is 0.300. The molecule has 0 aromatic heterocycles. The smallest absolute Gasteiger partial charge is 0.335 e. The van der Waals surface area contributed by atoms with E-state index in [2.05, 4.69) is 0 Å². The van der Waals surface area contributed by atoms with Crippen molar-refractivity contribution in [3.05, 3.63) is 34.9 Å². The molecule has 0 spiro atoms. The summed E-state index contributed by atoms with van der Waals surface area (Å²) in [5, 5.41) is 18.0. The van der Waals surface area contributed by atoms with Gasteiger partial charge in [-0.15, -0.1) is 0 Å². The second kappa shape index (κ2) is 3.58. The van der Waals surface area contributed by atoms with Crippen LogP contribution < -0.4 is 0 Å². The molecule has 5 heteroatoms. The third-order valence-electron chi connectivity index (χ3n) is 1.90. The predicted octanol–water partition coefficient (Wildman–Crippen LogP) is 1.89. The minimum Gasteiger partial charge on any atom is -0.478 e. The highest BCUT2D eigenvalue weighted by atomic mass is 19.1. The van der Waals surface area contributed by atoms with Crippen LogP contribution in [-0.4, -0.2) is 16.2 Å². The number of aliphatic hydroxyl groups is 1. The van der Waals surface area contributed by atoms with Crippen LogP contribution in [0.1, 0.15) is 29.8 Å². The largest absolute Gasteiger partial charge is 0.478 e. The van der Waals surface area contributed by atoms with Crippen LogP contribution in [-0.2, 0) is 5.60 Å². The molecule has 0 saturated carbocycles. The van der Waals surface area contributed by atoms with Crippen molar-refractivity contribution in [3.63, 3.8) is 0 Å². The summed E-state index contributed by atoms with van der Waals surface area (Å²) in [6.07, 6.45) is 0. The van der Waals surface area contributed by atoms with Crippen LogP contribution in [0.4, 0.5) is 8.78 Å². The molecule has 0 fully saturated rings. The molecule has 0 bridgehead atoms. The minimum atomic E-state index is -1.69. The van der Waals surface area contributed by atoms with E-state index >= 15 is 0 Å². The number of hydrogen-bond acceptors (Lipinski definition) is 2. The Morgan fingerprint density at radius 3 is 1.93 bits per heavy atom. The van der Waals surface area contributed by atoms with Gasteiger partial charge in [-0.05, 0) is 26.0 Å². The van der Waals surface area contributed by atoms with Gasteiger partial charge in [0.2, 0.25) is 0 Å². The van der Waals surface area contributed by atoms with Crippen molar-refractivity contribution in [1.29, 1.82) is 0 Å². The average molecular weight is 216 g/mol. The first-order valence-corrected chi connectivity index (χ1v) is 4.18. The molecule has 0 aliphatic heterocycles. The van der Waals surface area contributed by atoms with Crippen LogP contribution in [0.5, 0.6) is 0 Å². The van der Waals surface area contributed by atoms with Crippen molar-refractivity contribution in [3.8, 4) is 0 Å². The standard InChI is InChI=1S/C10H10F2O3/c1-10(2,15)8-6(11)3-5(9(13)14)4-7(8)12/h3-4,15H,1-2H3,(H,13,14). The number of aromatic carboxylic acids is 1. The SMILES string of the molecule is CC(C)(O)c1c(F)cc(C(=O)O)cc1F. The van der Waals surface area contributed by atoms with Crippen molar-refractivity contribution in [2.24, 2.45) is 0 Å². The van der Waals surface area contributed by atoms with Crippen LogP contribution >= 0.6 is 0 Å². The highest BCUT2D eigenvalue weighted by Crippen LogP contribution is 2.26. The molecule has 3 nitrogen and oxygen atoms in total. The molecule has 2 N–H and O–H groups in total. The van der Waals surface area contributed by atoms with E-state index in [0.717, 1.165) is 0 Å². The number of rotatable bonds is 2. The number of halogens is 2. The Morgan fingerprint density at radius 2 is 1.67 bits per heavy atom. The van der Waals surface area contributed by atoms with Crippen LogP contribution in [0.15, 0.2) is 12.1 Å². The Kier molecular flexibility index (Phi) is 2.77. The number of carbonyl (C=O) groups is 1. The molecule has 0 atom stereocenters. The maximum Gasteiger partial charge on any atom is 0.335 e. The summed E-state index contributed by atoms with van der Waals surface area (Å²) >= 11 is 0. The fourth-order valence-electron chi connectivity index (χ4n) is 1.28. The van der Waals surface area contributed by atoms with Gasteiger partial charge in [0.15, 0.2) is 0 Å². The molecule has 0 aliphatic rings. The second-order valence-electron chi connectivity index (χ2n) is 3.68. The van der Waals surface area contributed by atoms with Gasteiger partial charge in [-0.2, -0.15) is 0 Å². The fourth-order valence-corrected chi connectivity index (χ4v) is 1.28. The minimum absolute atomic E-state index is 0.488. The Labute approximate surface area is 85.0 Å². The monoisotopic (exact) mass is 216 g/mol.